The molecule has 1 aliphatic rings. The molecule has 1 aliphatic heterocycles. The van der Waals surface area contributed by atoms with Crippen LogP contribution in [0, 0.1) is 0 Å². The summed E-state index contributed by atoms with van der Waals surface area (Å²) in [6, 6.07) is 12.7. The quantitative estimate of drug-likeness (QED) is 0.475. The Morgan fingerprint density at radius 2 is 1.81 bits per heavy atom. The van der Waals surface area contributed by atoms with Crippen LogP contribution < -0.4 is 14.2 Å². The van der Waals surface area contributed by atoms with Gasteiger partial charge in [-0.05, 0) is 54.8 Å². The van der Waals surface area contributed by atoms with Gasteiger partial charge < -0.3 is 23.8 Å². The molecule has 0 spiro atoms. The van der Waals surface area contributed by atoms with Gasteiger partial charge in [-0.1, -0.05) is 12.1 Å². The molecule has 1 fully saturated rings. The normalized spacial score (nSPS) is 15.7. The molecule has 0 aliphatic carbocycles. The largest absolute Gasteiger partial charge is 0.497 e. The highest BCUT2D eigenvalue weighted by atomic mass is 16.5. The van der Waals surface area contributed by atoms with E-state index in [9.17, 15) is 9.59 Å². The van der Waals surface area contributed by atoms with Gasteiger partial charge in [0.2, 0.25) is 0 Å². The SMILES string of the molecule is COc1cccc(/C=C/C(=O)OCC(=O)N2CCC[C@H]2c2cc(OC)ccc2OC)c1. The van der Waals surface area contributed by atoms with Crippen LogP contribution in [0.5, 0.6) is 17.2 Å². The van der Waals surface area contributed by atoms with Gasteiger partial charge in [0.05, 0.1) is 27.4 Å². The van der Waals surface area contributed by atoms with Gasteiger partial charge in [-0.2, -0.15) is 0 Å². The van der Waals surface area contributed by atoms with Gasteiger partial charge in [0, 0.05) is 18.2 Å². The minimum atomic E-state index is -0.578. The number of hydrogen-bond donors (Lipinski definition) is 0. The Kier molecular flexibility index (Phi) is 7.54. The fourth-order valence-electron chi connectivity index (χ4n) is 3.66. The molecular formula is C24H27NO6. The summed E-state index contributed by atoms with van der Waals surface area (Å²) >= 11 is 0. The Morgan fingerprint density at radius 1 is 1.03 bits per heavy atom. The van der Waals surface area contributed by atoms with E-state index in [1.165, 1.54) is 6.08 Å². The maximum absolute atomic E-state index is 12.8. The van der Waals surface area contributed by atoms with Gasteiger partial charge in [-0.25, -0.2) is 4.79 Å². The fraction of sp³-hybridized carbons (Fsp3) is 0.333. The summed E-state index contributed by atoms with van der Waals surface area (Å²) in [6.45, 7) is 0.283. The van der Waals surface area contributed by atoms with Crippen LogP contribution in [0.3, 0.4) is 0 Å². The molecule has 0 N–H and O–H groups in total. The first-order valence-electron chi connectivity index (χ1n) is 10.1. The van der Waals surface area contributed by atoms with E-state index < -0.39 is 5.97 Å². The van der Waals surface area contributed by atoms with Crippen molar-refractivity contribution in [3.05, 3.63) is 59.7 Å². The Balaban J connectivity index is 1.62. The van der Waals surface area contributed by atoms with E-state index in [2.05, 4.69) is 0 Å². The molecule has 0 radical (unpaired) electrons. The average molecular weight is 425 g/mol. The molecule has 1 saturated heterocycles. The zero-order valence-electron chi connectivity index (χ0n) is 18.0. The van der Waals surface area contributed by atoms with E-state index in [-0.39, 0.29) is 18.6 Å². The zero-order valence-corrected chi connectivity index (χ0v) is 18.0. The second-order valence-corrected chi connectivity index (χ2v) is 7.07. The van der Waals surface area contributed by atoms with Crippen molar-refractivity contribution >= 4 is 18.0 Å². The first kappa shape index (κ1) is 22.2. The lowest BCUT2D eigenvalue weighted by Gasteiger charge is -2.26. The molecule has 1 heterocycles. The number of rotatable bonds is 8. The van der Waals surface area contributed by atoms with E-state index in [0.717, 1.165) is 24.0 Å². The minimum absolute atomic E-state index is 0.149. The van der Waals surface area contributed by atoms with Gasteiger partial charge in [-0.15, -0.1) is 0 Å². The number of nitrogens with zero attached hydrogens (tertiary/aromatic N) is 1. The number of ether oxygens (including phenoxy) is 4. The number of esters is 1. The summed E-state index contributed by atoms with van der Waals surface area (Å²) in [5.74, 6) is 1.27. The smallest absolute Gasteiger partial charge is 0.331 e. The predicted molar refractivity (Wildman–Crippen MR) is 116 cm³/mol. The van der Waals surface area contributed by atoms with Crippen LogP contribution in [0.25, 0.3) is 6.08 Å². The highest BCUT2D eigenvalue weighted by Gasteiger charge is 2.32. The molecule has 2 aromatic rings. The van der Waals surface area contributed by atoms with Crippen molar-refractivity contribution in [3.8, 4) is 17.2 Å². The summed E-state index contributed by atoms with van der Waals surface area (Å²) < 4.78 is 21.1. The van der Waals surface area contributed by atoms with Crippen LogP contribution in [-0.2, 0) is 14.3 Å². The van der Waals surface area contributed by atoms with Crippen LogP contribution in [0.2, 0.25) is 0 Å². The van der Waals surface area contributed by atoms with Crippen LogP contribution in [-0.4, -0.2) is 51.3 Å². The Bertz CT molecular complexity index is 955. The fourth-order valence-corrected chi connectivity index (χ4v) is 3.66. The maximum Gasteiger partial charge on any atom is 0.331 e. The van der Waals surface area contributed by atoms with Crippen LogP contribution in [0.4, 0.5) is 0 Å². The predicted octanol–water partition coefficient (Wildman–Crippen LogP) is 3.63. The van der Waals surface area contributed by atoms with Crippen molar-refractivity contribution in [1.82, 2.24) is 4.90 Å². The van der Waals surface area contributed by atoms with Gasteiger partial charge >= 0.3 is 5.97 Å². The van der Waals surface area contributed by atoms with E-state index >= 15 is 0 Å². The Hall–Kier alpha value is -3.48. The number of likely N-dealkylation sites (tertiary alicyclic amines) is 1. The third kappa shape index (κ3) is 5.57. The molecule has 3 rings (SSSR count). The van der Waals surface area contributed by atoms with E-state index in [1.807, 2.05) is 36.4 Å². The second-order valence-electron chi connectivity index (χ2n) is 7.07. The highest BCUT2D eigenvalue weighted by Crippen LogP contribution is 2.38. The summed E-state index contributed by atoms with van der Waals surface area (Å²) in [5.41, 5.74) is 1.68. The molecule has 0 aromatic heterocycles. The van der Waals surface area contributed by atoms with Gasteiger partial charge in [-0.3, -0.25) is 4.79 Å². The molecule has 0 bridgehead atoms. The molecule has 1 amide bonds. The molecule has 164 valence electrons. The van der Waals surface area contributed by atoms with E-state index in [1.54, 1.807) is 38.4 Å². The summed E-state index contributed by atoms with van der Waals surface area (Å²) in [6.07, 6.45) is 4.59. The number of benzene rings is 2. The molecule has 7 heteroatoms. The Morgan fingerprint density at radius 3 is 2.55 bits per heavy atom. The van der Waals surface area contributed by atoms with Crippen molar-refractivity contribution in [2.45, 2.75) is 18.9 Å². The van der Waals surface area contributed by atoms with Crippen molar-refractivity contribution < 1.29 is 28.5 Å². The first-order valence-corrected chi connectivity index (χ1v) is 10.1. The van der Waals surface area contributed by atoms with Gasteiger partial charge in [0.1, 0.15) is 17.2 Å². The molecule has 2 aromatic carbocycles. The highest BCUT2D eigenvalue weighted by molar-refractivity contribution is 5.89. The number of hydrogen-bond acceptors (Lipinski definition) is 6. The maximum atomic E-state index is 12.8. The third-order valence-electron chi connectivity index (χ3n) is 5.21. The lowest BCUT2D eigenvalue weighted by atomic mass is 10.0. The molecule has 0 unspecified atom stereocenters. The second kappa shape index (κ2) is 10.5. The third-order valence-corrected chi connectivity index (χ3v) is 5.21. The van der Waals surface area contributed by atoms with Gasteiger partial charge in [0.25, 0.3) is 5.91 Å². The molecule has 1 atom stereocenters. The van der Waals surface area contributed by atoms with E-state index in [0.29, 0.717) is 23.8 Å². The topological polar surface area (TPSA) is 74.3 Å². The van der Waals surface area contributed by atoms with Crippen LogP contribution >= 0.6 is 0 Å². The first-order chi connectivity index (χ1) is 15.0. The molecule has 31 heavy (non-hydrogen) atoms. The number of carbonyl (C=O) groups excluding carboxylic acids is 2. The lowest BCUT2D eigenvalue weighted by Crippen LogP contribution is -2.34. The lowest BCUT2D eigenvalue weighted by molar-refractivity contribution is -0.148. The summed E-state index contributed by atoms with van der Waals surface area (Å²) in [5, 5.41) is 0. The summed E-state index contributed by atoms with van der Waals surface area (Å²) in [4.78, 5) is 26.6. The minimum Gasteiger partial charge on any atom is -0.497 e. The average Bonchev–Trinajstić information content (AvgIpc) is 3.30. The van der Waals surface area contributed by atoms with Gasteiger partial charge in [0.15, 0.2) is 6.61 Å². The number of methoxy groups -OCH3 is 3. The monoisotopic (exact) mass is 425 g/mol. The van der Waals surface area contributed by atoms with Crippen molar-refractivity contribution in [2.75, 3.05) is 34.5 Å². The number of carbonyl (C=O) groups is 2. The molecule has 7 nitrogen and oxygen atoms in total. The molecule has 0 saturated carbocycles. The standard InChI is InChI=1S/C24H27NO6/c1-28-18-7-4-6-17(14-18)9-12-24(27)31-16-23(26)25-13-5-8-21(25)20-15-19(29-2)10-11-22(20)30-3/h4,6-7,9-12,14-15,21H,5,8,13,16H2,1-3H3/b12-9+/t21-/m0/s1. The summed E-state index contributed by atoms with van der Waals surface area (Å²) in [7, 11) is 4.78. The van der Waals surface area contributed by atoms with Crippen molar-refractivity contribution in [1.29, 1.82) is 0 Å². The zero-order chi connectivity index (χ0) is 22.2. The Labute approximate surface area is 182 Å². The van der Waals surface area contributed by atoms with Crippen molar-refractivity contribution in [2.24, 2.45) is 0 Å². The van der Waals surface area contributed by atoms with Crippen LogP contribution in [0.1, 0.15) is 30.0 Å². The molecular weight excluding hydrogens is 398 g/mol. The van der Waals surface area contributed by atoms with Crippen LogP contribution in [0.15, 0.2) is 48.5 Å². The van der Waals surface area contributed by atoms with E-state index in [4.69, 9.17) is 18.9 Å². The van der Waals surface area contributed by atoms with Crippen molar-refractivity contribution in [3.63, 3.8) is 0 Å². The number of amides is 1.